The summed E-state index contributed by atoms with van der Waals surface area (Å²) in [5.41, 5.74) is 9.02. The van der Waals surface area contributed by atoms with Crippen molar-refractivity contribution in [3.05, 3.63) is 35.0 Å². The molecule has 0 amide bonds. The van der Waals surface area contributed by atoms with E-state index in [4.69, 9.17) is 10.8 Å². The summed E-state index contributed by atoms with van der Waals surface area (Å²) >= 11 is 0. The zero-order valence-electron chi connectivity index (χ0n) is 12.3. The Kier molecular flexibility index (Phi) is 4.98. The van der Waals surface area contributed by atoms with Gasteiger partial charge in [0.25, 0.3) is 0 Å². The number of fused-ring (bicyclic) bond motifs is 1. The molecule has 2 aromatic rings. The van der Waals surface area contributed by atoms with Crippen LogP contribution in [0, 0.1) is 6.92 Å². The molecule has 0 bridgehead atoms. The predicted octanol–water partition coefficient (Wildman–Crippen LogP) is 1.92. The highest BCUT2D eigenvalue weighted by molar-refractivity contribution is 5.96. The molecule has 0 spiro atoms. The Morgan fingerprint density at radius 2 is 2.10 bits per heavy atom. The molecule has 0 aliphatic heterocycles. The van der Waals surface area contributed by atoms with Crippen molar-refractivity contribution < 1.29 is 15.0 Å². The predicted molar refractivity (Wildman–Crippen MR) is 82.7 cm³/mol. The maximum Gasteiger partial charge on any atom is 0.335 e. The molecule has 1 heterocycles. The van der Waals surface area contributed by atoms with Crippen LogP contribution >= 0.6 is 0 Å². The average Bonchev–Trinajstić information content (AvgIpc) is 2.81. The number of carbonyl (C=O) groups is 1. The standard InChI is InChI=1S/C16H22N2O3/c1-11-8-13(16(20)21)9-14-12(4-2-5-17)10-18(15(11)14)6-3-7-19/h8-10,19H,2-7,17H2,1H3,(H,20,21). The van der Waals surface area contributed by atoms with Gasteiger partial charge in [-0.2, -0.15) is 0 Å². The lowest BCUT2D eigenvalue weighted by atomic mass is 10.0. The smallest absolute Gasteiger partial charge is 0.335 e. The van der Waals surface area contributed by atoms with Gasteiger partial charge in [0.2, 0.25) is 0 Å². The Morgan fingerprint density at radius 3 is 2.71 bits per heavy atom. The molecule has 5 nitrogen and oxygen atoms in total. The lowest BCUT2D eigenvalue weighted by molar-refractivity contribution is 0.0697. The number of nitrogens with two attached hydrogens (primary N) is 1. The fraction of sp³-hybridized carbons (Fsp3) is 0.438. The summed E-state index contributed by atoms with van der Waals surface area (Å²) in [5.74, 6) is -0.909. The SMILES string of the molecule is Cc1cc(C(=O)O)cc2c(CCCN)cn(CCCO)c12. The summed E-state index contributed by atoms with van der Waals surface area (Å²) in [6.07, 6.45) is 4.45. The van der Waals surface area contributed by atoms with Gasteiger partial charge in [0, 0.05) is 24.7 Å². The number of carboxylic acids is 1. The minimum absolute atomic E-state index is 0.143. The molecule has 0 atom stereocenters. The molecule has 0 saturated carbocycles. The first kappa shape index (κ1) is 15.5. The van der Waals surface area contributed by atoms with E-state index in [1.165, 1.54) is 0 Å². The van der Waals surface area contributed by atoms with E-state index < -0.39 is 5.97 Å². The van der Waals surface area contributed by atoms with Crippen LogP contribution in [0.1, 0.15) is 34.3 Å². The highest BCUT2D eigenvalue weighted by Gasteiger charge is 2.14. The van der Waals surface area contributed by atoms with E-state index in [9.17, 15) is 9.90 Å². The molecule has 114 valence electrons. The number of aliphatic hydroxyl groups is 1. The Hall–Kier alpha value is -1.85. The number of benzene rings is 1. The number of carboxylic acid groups (broad SMARTS) is 1. The number of aryl methyl sites for hydroxylation is 3. The second-order valence-electron chi connectivity index (χ2n) is 5.31. The quantitative estimate of drug-likeness (QED) is 0.727. The van der Waals surface area contributed by atoms with E-state index >= 15 is 0 Å². The van der Waals surface area contributed by atoms with Crippen molar-refractivity contribution in [2.45, 2.75) is 32.7 Å². The Morgan fingerprint density at radius 1 is 1.33 bits per heavy atom. The minimum atomic E-state index is -0.909. The highest BCUT2D eigenvalue weighted by Crippen LogP contribution is 2.27. The lowest BCUT2D eigenvalue weighted by Crippen LogP contribution is -2.01. The molecule has 5 heteroatoms. The number of aromatic carboxylic acids is 1. The van der Waals surface area contributed by atoms with Gasteiger partial charge in [-0.25, -0.2) is 4.79 Å². The zero-order chi connectivity index (χ0) is 15.4. The first-order valence-electron chi connectivity index (χ1n) is 7.25. The van der Waals surface area contributed by atoms with Gasteiger partial charge in [-0.05, 0) is 56.0 Å². The summed E-state index contributed by atoms with van der Waals surface area (Å²) < 4.78 is 2.11. The van der Waals surface area contributed by atoms with Gasteiger partial charge in [-0.3, -0.25) is 0 Å². The molecule has 1 aromatic heterocycles. The Labute approximate surface area is 124 Å². The molecule has 0 radical (unpaired) electrons. The number of hydrogen-bond acceptors (Lipinski definition) is 3. The van der Waals surface area contributed by atoms with Crippen molar-refractivity contribution in [2.24, 2.45) is 5.73 Å². The van der Waals surface area contributed by atoms with E-state index in [-0.39, 0.29) is 6.61 Å². The molecule has 0 aliphatic carbocycles. The molecule has 0 fully saturated rings. The van der Waals surface area contributed by atoms with E-state index in [1.54, 1.807) is 12.1 Å². The third-order valence-electron chi connectivity index (χ3n) is 3.70. The molecule has 4 N–H and O–H groups in total. The van der Waals surface area contributed by atoms with Crippen LogP contribution in [0.25, 0.3) is 10.9 Å². The highest BCUT2D eigenvalue weighted by atomic mass is 16.4. The van der Waals surface area contributed by atoms with Gasteiger partial charge in [0.15, 0.2) is 0 Å². The number of rotatable bonds is 7. The molecule has 0 saturated heterocycles. The lowest BCUT2D eigenvalue weighted by Gasteiger charge is -2.07. The molecule has 21 heavy (non-hydrogen) atoms. The van der Waals surface area contributed by atoms with E-state index in [1.807, 2.05) is 6.92 Å². The molecule has 0 aliphatic rings. The first-order valence-corrected chi connectivity index (χ1v) is 7.25. The molecular weight excluding hydrogens is 268 g/mol. The van der Waals surface area contributed by atoms with Crippen LogP contribution in [-0.4, -0.2) is 33.9 Å². The summed E-state index contributed by atoms with van der Waals surface area (Å²) in [4.78, 5) is 11.2. The molecule has 1 aromatic carbocycles. The van der Waals surface area contributed by atoms with Crippen LogP contribution in [0.3, 0.4) is 0 Å². The van der Waals surface area contributed by atoms with Crippen LogP contribution in [0.15, 0.2) is 18.3 Å². The zero-order valence-corrected chi connectivity index (χ0v) is 12.3. The normalized spacial score (nSPS) is 11.2. The van der Waals surface area contributed by atoms with Crippen molar-refractivity contribution in [1.82, 2.24) is 4.57 Å². The van der Waals surface area contributed by atoms with Crippen molar-refractivity contribution in [2.75, 3.05) is 13.2 Å². The Balaban J connectivity index is 2.56. The van der Waals surface area contributed by atoms with E-state index in [0.29, 0.717) is 18.5 Å². The van der Waals surface area contributed by atoms with Crippen LogP contribution in [0.4, 0.5) is 0 Å². The average molecular weight is 290 g/mol. The number of hydrogen-bond donors (Lipinski definition) is 3. The Bertz CT molecular complexity index is 646. The monoisotopic (exact) mass is 290 g/mol. The van der Waals surface area contributed by atoms with Crippen LogP contribution < -0.4 is 5.73 Å². The second-order valence-corrected chi connectivity index (χ2v) is 5.31. The fourth-order valence-corrected chi connectivity index (χ4v) is 2.76. The van der Waals surface area contributed by atoms with Gasteiger partial charge in [0.05, 0.1) is 11.1 Å². The molecule has 0 unspecified atom stereocenters. The number of nitrogens with zero attached hydrogens (tertiary/aromatic N) is 1. The van der Waals surface area contributed by atoms with Gasteiger partial charge in [0.1, 0.15) is 0 Å². The van der Waals surface area contributed by atoms with Crippen molar-refractivity contribution in [1.29, 1.82) is 0 Å². The summed E-state index contributed by atoms with van der Waals surface area (Å²) in [6.45, 7) is 3.41. The number of aliphatic hydroxyl groups excluding tert-OH is 1. The topological polar surface area (TPSA) is 88.5 Å². The fourth-order valence-electron chi connectivity index (χ4n) is 2.76. The summed E-state index contributed by atoms with van der Waals surface area (Å²) in [6, 6.07) is 3.44. The maximum atomic E-state index is 11.2. The van der Waals surface area contributed by atoms with Gasteiger partial charge in [-0.15, -0.1) is 0 Å². The summed E-state index contributed by atoms with van der Waals surface area (Å²) in [5, 5.41) is 19.2. The van der Waals surface area contributed by atoms with Crippen molar-refractivity contribution in [3.63, 3.8) is 0 Å². The third-order valence-corrected chi connectivity index (χ3v) is 3.70. The minimum Gasteiger partial charge on any atom is -0.478 e. The maximum absolute atomic E-state index is 11.2. The van der Waals surface area contributed by atoms with Gasteiger partial charge in [-0.1, -0.05) is 0 Å². The molecular formula is C16H22N2O3. The van der Waals surface area contributed by atoms with Gasteiger partial charge < -0.3 is 20.5 Å². The summed E-state index contributed by atoms with van der Waals surface area (Å²) in [7, 11) is 0. The van der Waals surface area contributed by atoms with Crippen LogP contribution in [0.2, 0.25) is 0 Å². The second kappa shape index (κ2) is 6.74. The van der Waals surface area contributed by atoms with E-state index in [2.05, 4.69) is 10.8 Å². The van der Waals surface area contributed by atoms with Crippen molar-refractivity contribution >= 4 is 16.9 Å². The van der Waals surface area contributed by atoms with Crippen molar-refractivity contribution in [3.8, 4) is 0 Å². The van der Waals surface area contributed by atoms with Gasteiger partial charge >= 0.3 is 5.97 Å². The molecule has 2 rings (SSSR count). The number of aromatic nitrogens is 1. The first-order chi connectivity index (χ1) is 10.1. The largest absolute Gasteiger partial charge is 0.478 e. The van der Waals surface area contributed by atoms with Crippen LogP contribution in [0.5, 0.6) is 0 Å². The van der Waals surface area contributed by atoms with Crippen LogP contribution in [-0.2, 0) is 13.0 Å². The van der Waals surface area contributed by atoms with E-state index in [0.717, 1.165) is 41.4 Å². The third kappa shape index (κ3) is 3.25.